The van der Waals surface area contributed by atoms with Gasteiger partial charge in [-0.1, -0.05) is 38.0 Å². The summed E-state index contributed by atoms with van der Waals surface area (Å²) in [6.07, 6.45) is 7.03. The first-order valence-corrected chi connectivity index (χ1v) is 14.3. The molecule has 0 radical (unpaired) electrons. The highest BCUT2D eigenvalue weighted by atomic mass is 32.2. The molecule has 1 N–H and O–H groups in total. The van der Waals surface area contributed by atoms with E-state index in [9.17, 15) is 18.3 Å². The van der Waals surface area contributed by atoms with Crippen LogP contribution < -0.4 is 4.74 Å². The van der Waals surface area contributed by atoms with E-state index < -0.39 is 22.2 Å². The van der Waals surface area contributed by atoms with Crippen molar-refractivity contribution in [3.8, 4) is 17.6 Å². The summed E-state index contributed by atoms with van der Waals surface area (Å²) < 4.78 is 34.9. The van der Waals surface area contributed by atoms with E-state index in [0.29, 0.717) is 18.0 Å². The van der Waals surface area contributed by atoms with Gasteiger partial charge < -0.3 is 14.7 Å². The van der Waals surface area contributed by atoms with Crippen molar-refractivity contribution >= 4 is 15.9 Å². The number of fused-ring (bicyclic) bond motifs is 1. The Balaban J connectivity index is 1.65. The zero-order valence-electron chi connectivity index (χ0n) is 21.1. The summed E-state index contributed by atoms with van der Waals surface area (Å²) in [5, 5.41) is 9.81. The molecule has 1 aromatic carbocycles. The van der Waals surface area contributed by atoms with E-state index in [1.165, 1.54) is 10.7 Å². The predicted octanol–water partition coefficient (Wildman–Crippen LogP) is 3.26. The van der Waals surface area contributed by atoms with E-state index in [1.807, 2.05) is 14.0 Å². The molecule has 2 saturated carbocycles. The van der Waals surface area contributed by atoms with E-state index >= 15 is 0 Å². The van der Waals surface area contributed by atoms with Crippen LogP contribution in [0.5, 0.6) is 5.75 Å². The minimum Gasteiger partial charge on any atom is -0.487 e. The van der Waals surface area contributed by atoms with Gasteiger partial charge >= 0.3 is 0 Å². The third-order valence-corrected chi connectivity index (χ3v) is 9.47. The molecule has 7 nitrogen and oxygen atoms in total. The van der Waals surface area contributed by atoms with Gasteiger partial charge in [0.05, 0.1) is 13.2 Å². The van der Waals surface area contributed by atoms with Gasteiger partial charge in [-0.25, -0.2) is 8.42 Å². The van der Waals surface area contributed by atoms with Crippen LogP contribution in [0.25, 0.3) is 0 Å². The topological polar surface area (TPSA) is 87.2 Å². The SMILES string of the molecule is C[C@@H]1CN([C@H](C)CO)S(=O)(=O)c2ccc(C#CC3CC3)cc2O[C@@H]1CN(C)C(=O)C1CCCCC1. The van der Waals surface area contributed by atoms with Gasteiger partial charge in [0.25, 0.3) is 0 Å². The van der Waals surface area contributed by atoms with Crippen molar-refractivity contribution in [2.24, 2.45) is 17.8 Å². The Morgan fingerprint density at radius 1 is 1.23 bits per heavy atom. The van der Waals surface area contributed by atoms with Crippen molar-refractivity contribution < 1.29 is 23.1 Å². The van der Waals surface area contributed by atoms with Gasteiger partial charge in [-0.3, -0.25) is 4.79 Å². The lowest BCUT2D eigenvalue weighted by Crippen LogP contribution is -2.50. The zero-order valence-corrected chi connectivity index (χ0v) is 21.9. The fraction of sp³-hybridized carbons (Fsp3) is 0.667. The van der Waals surface area contributed by atoms with Crippen LogP contribution in [0.15, 0.2) is 23.1 Å². The number of sulfonamides is 1. The summed E-state index contributed by atoms with van der Waals surface area (Å²) in [7, 11) is -2.07. The van der Waals surface area contributed by atoms with Crippen LogP contribution in [0.2, 0.25) is 0 Å². The van der Waals surface area contributed by atoms with Crippen LogP contribution in [-0.2, 0) is 14.8 Å². The Labute approximate surface area is 209 Å². The van der Waals surface area contributed by atoms with Crippen molar-refractivity contribution in [3.63, 3.8) is 0 Å². The molecule has 2 fully saturated rings. The molecule has 3 aliphatic rings. The Kier molecular flexibility index (Phi) is 8.09. The smallest absolute Gasteiger partial charge is 0.247 e. The van der Waals surface area contributed by atoms with Gasteiger partial charge in [0.2, 0.25) is 15.9 Å². The first kappa shape index (κ1) is 26.0. The average molecular weight is 503 g/mol. The lowest BCUT2D eigenvalue weighted by atomic mass is 9.88. The van der Waals surface area contributed by atoms with Gasteiger partial charge in [-0.2, -0.15) is 4.31 Å². The van der Waals surface area contributed by atoms with Crippen molar-refractivity contribution in [1.82, 2.24) is 9.21 Å². The number of ether oxygens (including phenoxy) is 1. The summed E-state index contributed by atoms with van der Waals surface area (Å²) in [5.74, 6) is 7.05. The van der Waals surface area contributed by atoms with Gasteiger partial charge in [0.15, 0.2) is 0 Å². The fourth-order valence-electron chi connectivity index (χ4n) is 4.96. The van der Waals surface area contributed by atoms with Crippen LogP contribution in [0.1, 0.15) is 64.4 Å². The summed E-state index contributed by atoms with van der Waals surface area (Å²) in [6, 6.07) is 4.40. The van der Waals surface area contributed by atoms with Gasteiger partial charge in [0, 0.05) is 43.0 Å². The number of hydrogen-bond donors (Lipinski definition) is 1. The summed E-state index contributed by atoms with van der Waals surface area (Å²) in [6.45, 7) is 3.93. The van der Waals surface area contributed by atoms with Crippen LogP contribution in [0.4, 0.5) is 0 Å². The van der Waals surface area contributed by atoms with Crippen LogP contribution in [-0.4, -0.2) is 67.5 Å². The van der Waals surface area contributed by atoms with Crippen LogP contribution in [0.3, 0.4) is 0 Å². The number of likely N-dealkylation sites (N-methyl/N-ethyl adjacent to an activating group) is 1. The number of nitrogens with zero attached hydrogens (tertiary/aromatic N) is 2. The second-order valence-electron chi connectivity index (χ2n) is 10.5. The molecule has 4 rings (SSSR count). The Morgan fingerprint density at radius 3 is 2.60 bits per heavy atom. The van der Waals surface area contributed by atoms with Crippen LogP contribution >= 0.6 is 0 Å². The largest absolute Gasteiger partial charge is 0.487 e. The number of amides is 1. The van der Waals surface area contributed by atoms with Crippen LogP contribution in [0, 0.1) is 29.6 Å². The molecule has 1 heterocycles. The maximum atomic E-state index is 13.6. The summed E-state index contributed by atoms with van der Waals surface area (Å²) in [4.78, 5) is 15.0. The number of carbonyl (C=O) groups excluding carboxylic acids is 1. The number of carbonyl (C=O) groups is 1. The van der Waals surface area contributed by atoms with E-state index in [0.717, 1.165) is 38.5 Å². The summed E-state index contributed by atoms with van der Waals surface area (Å²) >= 11 is 0. The normalized spacial score (nSPS) is 25.7. The maximum absolute atomic E-state index is 13.6. The van der Waals surface area contributed by atoms with Crippen molar-refractivity contribution in [3.05, 3.63) is 23.8 Å². The lowest BCUT2D eigenvalue weighted by molar-refractivity contribution is -0.136. The highest BCUT2D eigenvalue weighted by Crippen LogP contribution is 2.35. The Bertz CT molecular complexity index is 1080. The second kappa shape index (κ2) is 10.9. The fourth-order valence-corrected chi connectivity index (χ4v) is 6.78. The molecular formula is C27H38N2O5S. The standard InChI is InChI=1S/C27H38N2O5S/c1-19-16-29(20(2)18-30)35(32,33)26-14-13-22(12-11-21-9-10-21)15-24(26)34-25(19)17-28(3)27(31)23-7-5-4-6-8-23/h13-15,19-21,23,25,30H,4-10,16-18H2,1-3H3/t19-,20-,25-/m1/s1. The lowest BCUT2D eigenvalue weighted by Gasteiger charge is -2.38. The Morgan fingerprint density at radius 2 is 1.94 bits per heavy atom. The molecule has 1 aliphatic heterocycles. The van der Waals surface area contributed by atoms with E-state index in [1.54, 1.807) is 30.0 Å². The van der Waals surface area contributed by atoms with Crippen molar-refractivity contribution in [2.45, 2.75) is 75.8 Å². The molecule has 3 atom stereocenters. The molecule has 2 aliphatic carbocycles. The molecule has 0 unspecified atom stereocenters. The molecule has 1 aromatic rings. The average Bonchev–Trinajstić information content (AvgIpc) is 3.69. The molecule has 0 spiro atoms. The van der Waals surface area contributed by atoms with Crippen molar-refractivity contribution in [1.29, 1.82) is 0 Å². The predicted molar refractivity (Wildman–Crippen MR) is 134 cm³/mol. The van der Waals surface area contributed by atoms with E-state index in [-0.39, 0.29) is 41.5 Å². The number of benzene rings is 1. The minimum atomic E-state index is -3.89. The van der Waals surface area contributed by atoms with Gasteiger partial charge in [-0.05, 0) is 50.8 Å². The number of rotatable bonds is 5. The quantitative estimate of drug-likeness (QED) is 0.625. The van der Waals surface area contributed by atoms with Crippen molar-refractivity contribution in [2.75, 3.05) is 26.7 Å². The third kappa shape index (κ3) is 6.02. The second-order valence-corrected chi connectivity index (χ2v) is 12.4. The molecule has 8 heteroatoms. The minimum absolute atomic E-state index is 0.0560. The third-order valence-electron chi connectivity index (χ3n) is 7.45. The first-order valence-electron chi connectivity index (χ1n) is 12.9. The number of aliphatic hydroxyl groups excluding tert-OH is 1. The van der Waals surface area contributed by atoms with E-state index in [2.05, 4.69) is 11.8 Å². The maximum Gasteiger partial charge on any atom is 0.247 e. The molecule has 192 valence electrons. The molecular weight excluding hydrogens is 464 g/mol. The number of aliphatic hydroxyl groups is 1. The van der Waals surface area contributed by atoms with Gasteiger partial charge in [0.1, 0.15) is 16.7 Å². The summed E-state index contributed by atoms with van der Waals surface area (Å²) in [5.41, 5.74) is 0.714. The molecule has 0 saturated heterocycles. The number of hydrogen-bond acceptors (Lipinski definition) is 5. The molecule has 1 amide bonds. The highest BCUT2D eigenvalue weighted by molar-refractivity contribution is 7.89. The highest BCUT2D eigenvalue weighted by Gasteiger charge is 2.38. The monoisotopic (exact) mass is 502 g/mol. The Hall–Kier alpha value is -2.08. The molecule has 0 bridgehead atoms. The zero-order chi connectivity index (χ0) is 25.2. The van der Waals surface area contributed by atoms with E-state index in [4.69, 9.17) is 4.74 Å². The van der Waals surface area contributed by atoms with Gasteiger partial charge in [-0.15, -0.1) is 0 Å². The molecule has 35 heavy (non-hydrogen) atoms. The first-order chi connectivity index (χ1) is 16.7. The molecule has 0 aromatic heterocycles.